The summed E-state index contributed by atoms with van der Waals surface area (Å²) >= 11 is 0. The predicted octanol–water partition coefficient (Wildman–Crippen LogP) is 3.81. The largest absolute Gasteiger partial charge is 0.247 e. The molecule has 1 saturated carbocycles. The maximum atomic E-state index is 13.3. The van der Waals surface area contributed by atoms with E-state index in [4.69, 9.17) is 0 Å². The molecule has 0 aromatic carbocycles. The lowest BCUT2D eigenvalue weighted by Crippen LogP contribution is -2.12. The van der Waals surface area contributed by atoms with Gasteiger partial charge in [0, 0.05) is 0 Å². The number of halogens is 1. The van der Waals surface area contributed by atoms with Crippen LogP contribution in [0.4, 0.5) is 4.39 Å². The van der Waals surface area contributed by atoms with Gasteiger partial charge in [0.15, 0.2) is 0 Å². The molecule has 0 aliphatic heterocycles. The van der Waals surface area contributed by atoms with Gasteiger partial charge in [0.25, 0.3) is 0 Å². The molecule has 72 valence electrons. The molecule has 0 bridgehead atoms. The lowest BCUT2D eigenvalue weighted by molar-refractivity contribution is 0.230. The summed E-state index contributed by atoms with van der Waals surface area (Å²) in [5.41, 5.74) is 0. The molecule has 0 N–H and O–H groups in total. The van der Waals surface area contributed by atoms with Gasteiger partial charge >= 0.3 is 0 Å². The molecule has 0 saturated heterocycles. The molecule has 0 amide bonds. The van der Waals surface area contributed by atoms with Crippen LogP contribution >= 0.6 is 0 Å². The molecule has 0 aromatic heterocycles. The number of hydrogen-bond donors (Lipinski definition) is 0. The molecule has 1 heteroatoms. The normalized spacial score (nSPS) is 38.2. The van der Waals surface area contributed by atoms with Crippen LogP contribution in [0.2, 0.25) is 0 Å². The summed E-state index contributed by atoms with van der Waals surface area (Å²) in [5, 5.41) is 0. The van der Waals surface area contributed by atoms with Crippen LogP contribution in [0.25, 0.3) is 0 Å². The molecule has 0 aromatic rings. The third-order valence-electron chi connectivity index (χ3n) is 3.19. The van der Waals surface area contributed by atoms with E-state index in [1.165, 1.54) is 12.8 Å². The molecular weight excluding hydrogens is 151 g/mol. The molecular formula is C11H21F. The van der Waals surface area contributed by atoms with Gasteiger partial charge in [0.2, 0.25) is 0 Å². The topological polar surface area (TPSA) is 0 Å². The van der Waals surface area contributed by atoms with E-state index in [0.717, 1.165) is 12.8 Å². The van der Waals surface area contributed by atoms with Gasteiger partial charge in [-0.05, 0) is 37.0 Å². The third kappa shape index (κ3) is 2.76. The van der Waals surface area contributed by atoms with Crippen molar-refractivity contribution in [3.63, 3.8) is 0 Å². The van der Waals surface area contributed by atoms with Crippen LogP contribution in [0, 0.1) is 17.8 Å². The van der Waals surface area contributed by atoms with E-state index >= 15 is 0 Å². The first kappa shape index (κ1) is 10.0. The first-order valence-electron chi connectivity index (χ1n) is 5.23. The van der Waals surface area contributed by atoms with Gasteiger partial charge in [-0.3, -0.25) is 0 Å². The maximum Gasteiger partial charge on any atom is 0.101 e. The summed E-state index contributed by atoms with van der Waals surface area (Å²) in [6, 6.07) is 0. The van der Waals surface area contributed by atoms with Crippen LogP contribution in [0.3, 0.4) is 0 Å². The summed E-state index contributed by atoms with van der Waals surface area (Å²) in [7, 11) is 0. The van der Waals surface area contributed by atoms with Gasteiger partial charge in [0.1, 0.15) is 6.17 Å². The minimum absolute atomic E-state index is 0.533. The fourth-order valence-corrected chi connectivity index (χ4v) is 2.20. The third-order valence-corrected chi connectivity index (χ3v) is 3.19. The van der Waals surface area contributed by atoms with Crippen molar-refractivity contribution in [3.8, 4) is 0 Å². The van der Waals surface area contributed by atoms with Gasteiger partial charge in [-0.2, -0.15) is 0 Å². The Bertz CT molecular complexity index is 131. The number of rotatable bonds is 1. The molecule has 0 nitrogen and oxygen atoms in total. The minimum atomic E-state index is -0.533. The fourth-order valence-electron chi connectivity index (χ4n) is 2.20. The molecule has 12 heavy (non-hydrogen) atoms. The smallest absolute Gasteiger partial charge is 0.101 e. The summed E-state index contributed by atoms with van der Waals surface area (Å²) in [5.74, 6) is 1.89. The van der Waals surface area contributed by atoms with Gasteiger partial charge in [-0.25, -0.2) is 4.39 Å². The van der Waals surface area contributed by atoms with Crippen molar-refractivity contribution in [3.05, 3.63) is 0 Å². The standard InChI is InChI=1S/C11H21F/c1-8(2)10-5-4-9(3)6-11(12)7-10/h8-11H,4-7H2,1-3H3/t9?,10?,11-/m0/s1. The second-order valence-corrected chi connectivity index (χ2v) is 4.76. The fraction of sp³-hybridized carbons (Fsp3) is 1.00. The van der Waals surface area contributed by atoms with Gasteiger partial charge in [-0.1, -0.05) is 27.2 Å². The first-order chi connectivity index (χ1) is 5.59. The van der Waals surface area contributed by atoms with Crippen molar-refractivity contribution in [2.24, 2.45) is 17.8 Å². The van der Waals surface area contributed by atoms with Crippen molar-refractivity contribution < 1.29 is 4.39 Å². The molecule has 1 aliphatic rings. The van der Waals surface area contributed by atoms with Crippen LogP contribution in [0.15, 0.2) is 0 Å². The molecule has 0 heterocycles. The van der Waals surface area contributed by atoms with E-state index in [1.807, 2.05) is 0 Å². The molecule has 0 spiro atoms. The Hall–Kier alpha value is -0.0700. The van der Waals surface area contributed by atoms with Crippen molar-refractivity contribution in [2.45, 2.75) is 52.6 Å². The monoisotopic (exact) mass is 172 g/mol. The predicted molar refractivity (Wildman–Crippen MR) is 50.9 cm³/mol. The Labute approximate surface area is 75.5 Å². The summed E-state index contributed by atoms with van der Waals surface area (Å²) in [6.07, 6.45) is 3.53. The van der Waals surface area contributed by atoms with Crippen LogP contribution in [-0.4, -0.2) is 6.17 Å². The molecule has 1 fully saturated rings. The Kier molecular flexibility index (Phi) is 3.54. The van der Waals surface area contributed by atoms with Gasteiger partial charge < -0.3 is 0 Å². The summed E-state index contributed by atoms with van der Waals surface area (Å²) < 4.78 is 13.3. The quantitative estimate of drug-likeness (QED) is 0.528. The Morgan fingerprint density at radius 1 is 1.17 bits per heavy atom. The maximum absolute atomic E-state index is 13.3. The minimum Gasteiger partial charge on any atom is -0.247 e. The Morgan fingerprint density at radius 2 is 1.83 bits per heavy atom. The molecule has 1 aliphatic carbocycles. The summed E-state index contributed by atoms with van der Waals surface area (Å²) in [4.78, 5) is 0. The van der Waals surface area contributed by atoms with E-state index in [-0.39, 0.29) is 0 Å². The van der Waals surface area contributed by atoms with Crippen molar-refractivity contribution in [1.82, 2.24) is 0 Å². The molecule has 2 unspecified atom stereocenters. The Morgan fingerprint density at radius 3 is 2.42 bits per heavy atom. The average Bonchev–Trinajstić information content (AvgIpc) is 2.11. The van der Waals surface area contributed by atoms with E-state index in [2.05, 4.69) is 20.8 Å². The van der Waals surface area contributed by atoms with E-state index in [1.54, 1.807) is 0 Å². The highest BCUT2D eigenvalue weighted by Gasteiger charge is 2.24. The summed E-state index contributed by atoms with van der Waals surface area (Å²) in [6.45, 7) is 6.61. The van der Waals surface area contributed by atoms with Crippen molar-refractivity contribution in [2.75, 3.05) is 0 Å². The van der Waals surface area contributed by atoms with E-state index < -0.39 is 6.17 Å². The molecule has 0 radical (unpaired) electrons. The number of hydrogen-bond acceptors (Lipinski definition) is 0. The first-order valence-corrected chi connectivity index (χ1v) is 5.23. The zero-order valence-electron chi connectivity index (χ0n) is 8.52. The molecule has 1 rings (SSSR count). The average molecular weight is 172 g/mol. The van der Waals surface area contributed by atoms with E-state index in [0.29, 0.717) is 17.8 Å². The molecule has 3 atom stereocenters. The Balaban J connectivity index is 2.46. The lowest BCUT2D eigenvalue weighted by atomic mass is 9.88. The second kappa shape index (κ2) is 4.25. The van der Waals surface area contributed by atoms with Crippen molar-refractivity contribution >= 4 is 0 Å². The van der Waals surface area contributed by atoms with Crippen LogP contribution < -0.4 is 0 Å². The van der Waals surface area contributed by atoms with Gasteiger partial charge in [-0.15, -0.1) is 0 Å². The van der Waals surface area contributed by atoms with Gasteiger partial charge in [0.05, 0.1) is 0 Å². The zero-order chi connectivity index (χ0) is 9.14. The van der Waals surface area contributed by atoms with Crippen LogP contribution in [-0.2, 0) is 0 Å². The highest BCUT2D eigenvalue weighted by atomic mass is 19.1. The van der Waals surface area contributed by atoms with Crippen LogP contribution in [0.1, 0.15) is 46.5 Å². The van der Waals surface area contributed by atoms with E-state index in [9.17, 15) is 4.39 Å². The SMILES string of the molecule is CC1CCC(C(C)C)C[C@@H](F)C1. The van der Waals surface area contributed by atoms with Crippen molar-refractivity contribution in [1.29, 1.82) is 0 Å². The number of alkyl halides is 1. The highest BCUT2D eigenvalue weighted by Crippen LogP contribution is 2.32. The van der Waals surface area contributed by atoms with Crippen LogP contribution in [0.5, 0.6) is 0 Å². The highest BCUT2D eigenvalue weighted by molar-refractivity contribution is 4.75. The lowest BCUT2D eigenvalue weighted by Gasteiger charge is -2.18. The second-order valence-electron chi connectivity index (χ2n) is 4.76. The zero-order valence-corrected chi connectivity index (χ0v) is 8.52.